The van der Waals surface area contributed by atoms with Crippen molar-refractivity contribution in [1.82, 2.24) is 14.8 Å². The van der Waals surface area contributed by atoms with E-state index in [4.69, 9.17) is 4.42 Å². The van der Waals surface area contributed by atoms with Crippen LogP contribution >= 0.6 is 11.8 Å². The second kappa shape index (κ2) is 6.92. The van der Waals surface area contributed by atoms with Crippen LogP contribution in [0.1, 0.15) is 11.1 Å². The van der Waals surface area contributed by atoms with Gasteiger partial charge in [-0.15, -0.1) is 10.2 Å². The quantitative estimate of drug-likeness (QED) is 0.428. The van der Waals surface area contributed by atoms with Gasteiger partial charge in [-0.1, -0.05) is 36.0 Å². The van der Waals surface area contributed by atoms with Crippen molar-refractivity contribution in [3.05, 3.63) is 70.1 Å². The normalized spacial score (nSPS) is 11.2. The zero-order valence-corrected chi connectivity index (χ0v) is 15.7. The molecule has 0 saturated carbocycles. The third-order valence-electron chi connectivity index (χ3n) is 4.39. The Kier molecular flexibility index (Phi) is 4.45. The standard InChI is InChI=1S/C20H17N3O3S/c1-12-5-3-4-6-15(12)19-21-22-20(23(19)2)27-11-13-9-18(25)26-17-10-14(24)7-8-16(13)17/h3-10,24H,11H2,1-2H3. The molecule has 0 unspecified atom stereocenters. The van der Waals surface area contributed by atoms with E-state index in [2.05, 4.69) is 10.2 Å². The third kappa shape index (κ3) is 3.33. The number of hydrogen-bond donors (Lipinski definition) is 1. The molecule has 2 aromatic carbocycles. The van der Waals surface area contributed by atoms with Gasteiger partial charge in [0.05, 0.1) is 0 Å². The molecule has 0 atom stereocenters. The second-order valence-electron chi connectivity index (χ2n) is 6.24. The van der Waals surface area contributed by atoms with Crippen LogP contribution in [0.4, 0.5) is 0 Å². The molecule has 0 fully saturated rings. The van der Waals surface area contributed by atoms with Crippen molar-refractivity contribution in [2.45, 2.75) is 17.8 Å². The van der Waals surface area contributed by atoms with Gasteiger partial charge in [0.25, 0.3) is 0 Å². The topological polar surface area (TPSA) is 81.2 Å². The van der Waals surface area contributed by atoms with Crippen LogP contribution in [-0.4, -0.2) is 19.9 Å². The van der Waals surface area contributed by atoms with Gasteiger partial charge in [0.2, 0.25) is 0 Å². The minimum absolute atomic E-state index is 0.0617. The highest BCUT2D eigenvalue weighted by Crippen LogP contribution is 2.29. The highest BCUT2D eigenvalue weighted by Gasteiger charge is 2.14. The monoisotopic (exact) mass is 379 g/mol. The van der Waals surface area contributed by atoms with Gasteiger partial charge in [-0.05, 0) is 30.2 Å². The van der Waals surface area contributed by atoms with Crippen LogP contribution in [0, 0.1) is 6.92 Å². The van der Waals surface area contributed by atoms with Gasteiger partial charge in [-0.3, -0.25) is 0 Å². The molecule has 6 nitrogen and oxygen atoms in total. The molecule has 4 aromatic rings. The molecule has 0 radical (unpaired) electrons. The fraction of sp³-hybridized carbons (Fsp3) is 0.150. The second-order valence-corrected chi connectivity index (χ2v) is 7.18. The summed E-state index contributed by atoms with van der Waals surface area (Å²) >= 11 is 1.50. The summed E-state index contributed by atoms with van der Waals surface area (Å²) in [5.74, 6) is 1.40. The Morgan fingerprint density at radius 3 is 2.78 bits per heavy atom. The number of aromatic nitrogens is 3. The molecule has 2 aromatic heterocycles. The third-order valence-corrected chi connectivity index (χ3v) is 5.46. The maximum absolute atomic E-state index is 11.8. The van der Waals surface area contributed by atoms with E-state index < -0.39 is 5.63 Å². The Labute approximate surface area is 159 Å². The van der Waals surface area contributed by atoms with Crippen LogP contribution in [0.25, 0.3) is 22.4 Å². The van der Waals surface area contributed by atoms with Crippen LogP contribution in [0.15, 0.2) is 62.9 Å². The summed E-state index contributed by atoms with van der Waals surface area (Å²) in [5.41, 5.74) is 2.93. The Morgan fingerprint density at radius 2 is 1.96 bits per heavy atom. The summed E-state index contributed by atoms with van der Waals surface area (Å²) in [6.45, 7) is 2.04. The number of phenolic OH excluding ortho intramolecular Hbond substituents is 1. The van der Waals surface area contributed by atoms with Crippen molar-refractivity contribution < 1.29 is 9.52 Å². The highest BCUT2D eigenvalue weighted by atomic mass is 32.2. The Bertz CT molecular complexity index is 1200. The van der Waals surface area contributed by atoms with Crippen molar-refractivity contribution >= 4 is 22.7 Å². The lowest BCUT2D eigenvalue weighted by Crippen LogP contribution is -2.00. The average Bonchev–Trinajstić information content (AvgIpc) is 3.00. The van der Waals surface area contributed by atoms with Crippen LogP contribution in [0.5, 0.6) is 5.75 Å². The molecule has 0 saturated heterocycles. The molecule has 2 heterocycles. The van der Waals surface area contributed by atoms with Crippen molar-refractivity contribution in [2.24, 2.45) is 7.05 Å². The molecule has 27 heavy (non-hydrogen) atoms. The molecule has 0 bridgehead atoms. The average molecular weight is 379 g/mol. The zero-order valence-electron chi connectivity index (χ0n) is 14.8. The number of phenols is 1. The van der Waals surface area contributed by atoms with Crippen LogP contribution in [-0.2, 0) is 12.8 Å². The molecule has 136 valence electrons. The molecule has 0 amide bonds. The van der Waals surface area contributed by atoms with Gasteiger partial charge in [0, 0.05) is 35.9 Å². The van der Waals surface area contributed by atoms with Gasteiger partial charge < -0.3 is 14.1 Å². The summed E-state index contributed by atoms with van der Waals surface area (Å²) in [4.78, 5) is 11.8. The molecular formula is C20H17N3O3S. The first-order valence-electron chi connectivity index (χ1n) is 8.37. The molecule has 0 spiro atoms. The number of aryl methyl sites for hydroxylation is 1. The lowest BCUT2D eigenvalue weighted by molar-refractivity contribution is 0.473. The van der Waals surface area contributed by atoms with Crippen LogP contribution in [0.2, 0.25) is 0 Å². The largest absolute Gasteiger partial charge is 0.508 e. The summed E-state index contributed by atoms with van der Waals surface area (Å²) < 4.78 is 7.13. The number of aromatic hydroxyl groups is 1. The van der Waals surface area contributed by atoms with Gasteiger partial charge in [0.1, 0.15) is 11.3 Å². The molecule has 0 aliphatic carbocycles. The van der Waals surface area contributed by atoms with Gasteiger partial charge in [-0.2, -0.15) is 0 Å². The van der Waals surface area contributed by atoms with Crippen LogP contribution in [0.3, 0.4) is 0 Å². The van der Waals surface area contributed by atoms with Crippen molar-refractivity contribution in [3.8, 4) is 17.1 Å². The van der Waals surface area contributed by atoms with Crippen molar-refractivity contribution in [2.75, 3.05) is 0 Å². The maximum atomic E-state index is 11.8. The van der Waals surface area contributed by atoms with E-state index in [1.165, 1.54) is 23.9 Å². The Morgan fingerprint density at radius 1 is 1.15 bits per heavy atom. The number of hydrogen-bond acceptors (Lipinski definition) is 6. The van der Waals surface area contributed by atoms with Crippen molar-refractivity contribution in [1.29, 1.82) is 0 Å². The van der Waals surface area contributed by atoms with E-state index in [1.807, 2.05) is 42.8 Å². The van der Waals surface area contributed by atoms with Gasteiger partial charge >= 0.3 is 5.63 Å². The van der Waals surface area contributed by atoms with Gasteiger partial charge in [-0.25, -0.2) is 4.79 Å². The van der Waals surface area contributed by atoms with E-state index in [1.54, 1.807) is 12.1 Å². The molecule has 4 rings (SSSR count). The molecule has 0 aliphatic heterocycles. The molecule has 0 aliphatic rings. The number of fused-ring (bicyclic) bond motifs is 1. The zero-order chi connectivity index (χ0) is 19.0. The van der Waals surface area contributed by atoms with E-state index in [0.29, 0.717) is 11.3 Å². The smallest absolute Gasteiger partial charge is 0.336 e. The van der Waals surface area contributed by atoms with Crippen LogP contribution < -0.4 is 5.63 Å². The highest BCUT2D eigenvalue weighted by molar-refractivity contribution is 7.98. The first-order chi connectivity index (χ1) is 13.0. The fourth-order valence-corrected chi connectivity index (χ4v) is 3.88. The lowest BCUT2D eigenvalue weighted by atomic mass is 10.1. The van der Waals surface area contributed by atoms with E-state index >= 15 is 0 Å². The summed E-state index contributed by atoms with van der Waals surface area (Å²) in [6, 6.07) is 14.3. The molecular weight excluding hydrogens is 362 g/mol. The minimum atomic E-state index is -0.442. The van der Waals surface area contributed by atoms with E-state index in [9.17, 15) is 9.90 Å². The maximum Gasteiger partial charge on any atom is 0.336 e. The minimum Gasteiger partial charge on any atom is -0.508 e. The Hall–Kier alpha value is -3.06. The fourth-order valence-electron chi connectivity index (χ4n) is 2.98. The number of thioether (sulfide) groups is 1. The summed E-state index contributed by atoms with van der Waals surface area (Å²) in [5, 5.41) is 19.8. The molecule has 1 N–H and O–H groups in total. The first-order valence-corrected chi connectivity index (χ1v) is 9.35. The SMILES string of the molecule is Cc1ccccc1-c1nnc(SCc2cc(=O)oc3cc(O)ccc23)n1C. The first kappa shape index (κ1) is 17.4. The lowest BCUT2D eigenvalue weighted by Gasteiger charge is -2.07. The summed E-state index contributed by atoms with van der Waals surface area (Å²) in [7, 11) is 1.93. The predicted octanol–water partition coefficient (Wildman–Crippen LogP) is 3.89. The predicted molar refractivity (Wildman–Crippen MR) is 105 cm³/mol. The van der Waals surface area contributed by atoms with E-state index in [-0.39, 0.29) is 5.75 Å². The number of benzene rings is 2. The van der Waals surface area contributed by atoms with E-state index in [0.717, 1.165) is 33.1 Å². The number of rotatable bonds is 4. The van der Waals surface area contributed by atoms with Gasteiger partial charge in [0.15, 0.2) is 11.0 Å². The molecule has 7 heteroatoms. The number of nitrogens with zero attached hydrogens (tertiary/aromatic N) is 3. The summed E-state index contributed by atoms with van der Waals surface area (Å²) in [6.07, 6.45) is 0. The van der Waals surface area contributed by atoms with Crippen molar-refractivity contribution in [3.63, 3.8) is 0 Å². The Balaban J connectivity index is 1.65.